The van der Waals surface area contributed by atoms with Crippen molar-refractivity contribution in [3.05, 3.63) is 39.7 Å². The Bertz CT molecular complexity index is 462. The molecular weight excluding hydrogens is 349 g/mol. The van der Waals surface area contributed by atoms with E-state index < -0.39 is 5.03 Å². The maximum Gasteiger partial charge on any atom is 0.271 e. The van der Waals surface area contributed by atoms with Crippen molar-refractivity contribution in [2.75, 3.05) is 13.1 Å². The van der Waals surface area contributed by atoms with Crippen LogP contribution in [0.3, 0.4) is 0 Å². The third-order valence-electron chi connectivity index (χ3n) is 2.54. The first-order valence-electron chi connectivity index (χ1n) is 5.40. The highest BCUT2D eigenvalue weighted by Gasteiger charge is 2.21. The Labute approximate surface area is 118 Å². The van der Waals surface area contributed by atoms with Crippen LogP contribution in [0.4, 0.5) is 0 Å². The lowest BCUT2D eigenvalue weighted by molar-refractivity contribution is -0.485. The van der Waals surface area contributed by atoms with Crippen LogP contribution < -0.4 is 5.32 Å². The quantitative estimate of drug-likeness (QED) is 0.374. The van der Waals surface area contributed by atoms with Crippen LogP contribution in [0, 0.1) is 10.1 Å². The van der Waals surface area contributed by atoms with E-state index in [0.29, 0.717) is 25.6 Å². The Morgan fingerprint density at radius 3 is 3.06 bits per heavy atom. The molecule has 8 heteroatoms. The van der Waals surface area contributed by atoms with Crippen LogP contribution in [-0.4, -0.2) is 34.0 Å². The summed E-state index contributed by atoms with van der Waals surface area (Å²) in [5.74, 6) is 0.318. The van der Waals surface area contributed by atoms with Gasteiger partial charge in [-0.1, -0.05) is 28.7 Å². The van der Waals surface area contributed by atoms with E-state index in [2.05, 4.69) is 38.0 Å². The third kappa shape index (κ3) is 3.28. The number of hydrazone groups is 1. The van der Waals surface area contributed by atoms with Gasteiger partial charge in [-0.2, -0.15) is 0 Å². The zero-order chi connectivity index (χ0) is 13.0. The van der Waals surface area contributed by atoms with Gasteiger partial charge in [-0.05, 0) is 11.6 Å². The molecule has 0 unspecified atom stereocenters. The number of hydrogen-bond donors (Lipinski definition) is 1. The average Bonchev–Trinajstić information content (AvgIpc) is 2.77. The molecule has 1 aromatic rings. The van der Waals surface area contributed by atoms with Crippen molar-refractivity contribution < 1.29 is 5.03 Å². The minimum atomic E-state index is -0.682. The summed E-state index contributed by atoms with van der Waals surface area (Å²) in [5.41, 5.74) is 2.04. The summed E-state index contributed by atoms with van der Waals surface area (Å²) < 4.78 is 0.872. The Morgan fingerprint density at radius 2 is 2.44 bits per heavy atom. The second-order valence-corrected chi connectivity index (χ2v) is 4.56. The highest BCUT2D eigenvalue weighted by Crippen LogP contribution is 2.09. The largest absolute Gasteiger partial charge is 0.349 e. The number of rotatable bonds is 4. The summed E-state index contributed by atoms with van der Waals surface area (Å²) in [6.45, 7) is 1.96. The van der Waals surface area contributed by atoms with Gasteiger partial charge in [-0.15, -0.1) is 0 Å². The van der Waals surface area contributed by atoms with E-state index in [1.54, 1.807) is 6.20 Å². The number of aromatic nitrogens is 1. The minimum absolute atomic E-state index is 0.318. The molecule has 1 N–H and O–H groups in total. The van der Waals surface area contributed by atoms with Gasteiger partial charge < -0.3 is 10.2 Å². The molecule has 1 saturated heterocycles. The molecule has 2 heterocycles. The minimum Gasteiger partial charge on any atom is -0.349 e. The van der Waals surface area contributed by atoms with Crippen LogP contribution >= 0.6 is 22.6 Å². The number of nitro groups is 1. The van der Waals surface area contributed by atoms with E-state index >= 15 is 0 Å². The lowest BCUT2D eigenvalue weighted by atomic mass is 10.2. The van der Waals surface area contributed by atoms with Crippen molar-refractivity contribution in [1.29, 1.82) is 0 Å². The Balaban J connectivity index is 2.05. The first-order valence-corrected chi connectivity index (χ1v) is 6.93. The van der Waals surface area contributed by atoms with Gasteiger partial charge in [0.2, 0.25) is 0 Å². The Kier molecular flexibility index (Phi) is 4.28. The lowest BCUT2D eigenvalue weighted by Gasteiger charge is -2.15. The third-order valence-corrected chi connectivity index (χ3v) is 3.32. The van der Waals surface area contributed by atoms with Crippen molar-refractivity contribution in [2.45, 2.75) is 11.0 Å². The van der Waals surface area contributed by atoms with Crippen molar-refractivity contribution >= 4 is 28.6 Å². The van der Waals surface area contributed by atoms with Gasteiger partial charge in [0.25, 0.3) is 5.96 Å². The molecule has 7 nitrogen and oxygen atoms in total. The number of guanidine groups is 1. The van der Waals surface area contributed by atoms with Gasteiger partial charge in [-0.3, -0.25) is 4.98 Å². The molecule has 1 aliphatic heterocycles. The van der Waals surface area contributed by atoms with Crippen LogP contribution in [0.2, 0.25) is 0 Å². The number of nitrogens with zero attached hydrogens (tertiary/aromatic N) is 4. The highest BCUT2D eigenvalue weighted by atomic mass is 127. The normalized spacial score (nSPS) is 16.9. The van der Waals surface area contributed by atoms with Crippen LogP contribution in [0.5, 0.6) is 0 Å². The van der Waals surface area contributed by atoms with E-state index in [4.69, 9.17) is 0 Å². The molecule has 0 bridgehead atoms. The molecule has 1 aliphatic rings. The molecule has 0 radical (unpaired) electrons. The Morgan fingerprint density at radius 1 is 1.61 bits per heavy atom. The number of alkyl halides is 1. The fraction of sp³-hybridized carbons (Fsp3) is 0.400. The van der Waals surface area contributed by atoms with Gasteiger partial charge in [-0.25, -0.2) is 10.1 Å². The molecule has 0 amide bonds. The van der Waals surface area contributed by atoms with Crippen LogP contribution in [0.15, 0.2) is 23.4 Å². The molecule has 2 rings (SSSR count). The van der Waals surface area contributed by atoms with Crippen molar-refractivity contribution in [3.8, 4) is 0 Å². The van der Waals surface area contributed by atoms with E-state index in [1.807, 2.05) is 17.0 Å². The summed E-state index contributed by atoms with van der Waals surface area (Å²) in [6, 6.07) is 3.96. The van der Waals surface area contributed by atoms with Gasteiger partial charge in [0.05, 0.1) is 5.69 Å². The van der Waals surface area contributed by atoms with Gasteiger partial charge >= 0.3 is 0 Å². The smallest absolute Gasteiger partial charge is 0.271 e. The zero-order valence-corrected chi connectivity index (χ0v) is 11.7. The van der Waals surface area contributed by atoms with Crippen LogP contribution in [0.25, 0.3) is 0 Å². The number of pyridine rings is 1. The molecule has 96 valence electrons. The summed E-state index contributed by atoms with van der Waals surface area (Å²) >= 11 is 2.25. The molecule has 1 aromatic heterocycles. The maximum absolute atomic E-state index is 10.4. The summed E-state index contributed by atoms with van der Waals surface area (Å²) in [4.78, 5) is 16.5. The fourth-order valence-corrected chi connectivity index (χ4v) is 2.15. The van der Waals surface area contributed by atoms with E-state index in [1.165, 1.54) is 0 Å². The Hall–Kier alpha value is -1.45. The molecule has 0 aromatic carbocycles. The van der Waals surface area contributed by atoms with Gasteiger partial charge in [0.1, 0.15) is 5.10 Å². The van der Waals surface area contributed by atoms with Crippen LogP contribution in [-0.2, 0) is 11.0 Å². The van der Waals surface area contributed by atoms with Crippen LogP contribution in [0.1, 0.15) is 11.3 Å². The zero-order valence-electron chi connectivity index (χ0n) is 9.54. The topological polar surface area (TPSA) is 83.7 Å². The SMILES string of the molecule is O=[N+]([O-])/N=C1\NCCN1Cc1ccc(CI)nc1. The van der Waals surface area contributed by atoms with Crippen molar-refractivity contribution in [3.63, 3.8) is 0 Å². The molecule has 0 atom stereocenters. The van der Waals surface area contributed by atoms with E-state index in [-0.39, 0.29) is 0 Å². The predicted molar refractivity (Wildman–Crippen MR) is 74.8 cm³/mol. The molecule has 0 spiro atoms. The summed E-state index contributed by atoms with van der Waals surface area (Å²) in [7, 11) is 0. The molecule has 1 fully saturated rings. The monoisotopic (exact) mass is 361 g/mol. The van der Waals surface area contributed by atoms with Gasteiger partial charge in [0.15, 0.2) is 5.03 Å². The number of nitrogens with one attached hydrogen (secondary N) is 1. The molecule has 0 aliphatic carbocycles. The fourth-order valence-electron chi connectivity index (χ4n) is 1.70. The van der Waals surface area contributed by atoms with Crippen molar-refractivity contribution in [2.24, 2.45) is 5.10 Å². The van der Waals surface area contributed by atoms with Crippen molar-refractivity contribution in [1.82, 2.24) is 15.2 Å². The van der Waals surface area contributed by atoms with E-state index in [9.17, 15) is 10.1 Å². The second kappa shape index (κ2) is 5.94. The maximum atomic E-state index is 10.4. The number of hydrogen-bond acceptors (Lipinski definition) is 3. The first-order chi connectivity index (χ1) is 8.69. The molecule has 0 saturated carbocycles. The average molecular weight is 361 g/mol. The highest BCUT2D eigenvalue weighted by molar-refractivity contribution is 14.1. The number of halogens is 1. The summed E-state index contributed by atoms with van der Waals surface area (Å²) in [6.07, 6.45) is 1.80. The van der Waals surface area contributed by atoms with E-state index in [0.717, 1.165) is 15.7 Å². The lowest BCUT2D eigenvalue weighted by Crippen LogP contribution is -2.30. The summed E-state index contributed by atoms with van der Waals surface area (Å²) in [5, 5.41) is 15.9. The second-order valence-electron chi connectivity index (χ2n) is 3.80. The predicted octanol–water partition coefficient (Wildman–Crippen LogP) is 0.969. The standard InChI is InChI=1S/C10H12IN5O2/c11-5-9-2-1-8(6-13-9)7-15-4-3-12-10(15)14-16(17)18/h1-2,6H,3-5,7H2,(H,12,14). The molecular formula is C10H12IN5O2. The van der Waals surface area contributed by atoms with Gasteiger partial charge in [0, 0.05) is 30.3 Å². The molecule has 18 heavy (non-hydrogen) atoms. The first kappa shape index (κ1) is 13.0.